The lowest BCUT2D eigenvalue weighted by Crippen LogP contribution is -2.27. The summed E-state index contributed by atoms with van der Waals surface area (Å²) in [7, 11) is 8.12. The molecule has 4 N–H and O–H groups in total. The van der Waals surface area contributed by atoms with Gasteiger partial charge in [0.2, 0.25) is 0 Å². The molecule has 5 rings (SSSR count). The average Bonchev–Trinajstić information content (AvgIpc) is 3.61. The summed E-state index contributed by atoms with van der Waals surface area (Å²) in [5.74, 6) is -0.103. The molecule has 0 atom stereocenters. The van der Waals surface area contributed by atoms with Crippen molar-refractivity contribution in [2.45, 2.75) is 12.8 Å². The average molecular weight is 565 g/mol. The predicted octanol–water partition coefficient (Wildman–Crippen LogP) is 5.35. The third-order valence-corrected chi connectivity index (χ3v) is 7.39. The Balaban J connectivity index is 1.30. The minimum absolute atomic E-state index is 0.0517. The summed E-state index contributed by atoms with van der Waals surface area (Å²) in [5.41, 5.74) is 7.36. The van der Waals surface area contributed by atoms with Crippen molar-refractivity contribution in [2.75, 3.05) is 54.4 Å². The standard InChI is InChI=1S/C34H40N6O2/c1-39(2)16-6-14-35-33(41)25-10-12-29-27(19-25)21-31(37-29)23-8-5-9-24(18-23)32-22-28-20-26(11-13-30(28)38-32)34(42)36-15-7-17-40(3)4/h5,8-13,18-22,37-38H,6-7,14-17H2,1-4H3,(H,35,41)(H,36,42). The van der Waals surface area contributed by atoms with Gasteiger partial charge in [0.25, 0.3) is 11.8 Å². The zero-order valence-electron chi connectivity index (χ0n) is 24.9. The summed E-state index contributed by atoms with van der Waals surface area (Å²) < 4.78 is 0. The van der Waals surface area contributed by atoms with Gasteiger partial charge in [0.05, 0.1) is 0 Å². The highest BCUT2D eigenvalue weighted by Gasteiger charge is 2.12. The molecule has 42 heavy (non-hydrogen) atoms. The first kappa shape index (κ1) is 29.1. The van der Waals surface area contributed by atoms with Crippen molar-refractivity contribution in [1.29, 1.82) is 0 Å². The molecule has 0 spiro atoms. The second-order valence-electron chi connectivity index (χ2n) is 11.4. The minimum Gasteiger partial charge on any atom is -0.355 e. The van der Waals surface area contributed by atoms with Crippen LogP contribution in [-0.4, -0.2) is 86.0 Å². The van der Waals surface area contributed by atoms with E-state index in [-0.39, 0.29) is 11.8 Å². The predicted molar refractivity (Wildman–Crippen MR) is 172 cm³/mol. The Morgan fingerprint density at radius 3 is 1.50 bits per heavy atom. The van der Waals surface area contributed by atoms with E-state index in [0.717, 1.165) is 70.3 Å². The van der Waals surface area contributed by atoms with E-state index in [9.17, 15) is 9.59 Å². The normalized spacial score (nSPS) is 11.6. The molecule has 0 aliphatic heterocycles. The van der Waals surface area contributed by atoms with Crippen LogP contribution in [-0.2, 0) is 0 Å². The van der Waals surface area contributed by atoms with E-state index >= 15 is 0 Å². The lowest BCUT2D eigenvalue weighted by atomic mass is 10.1. The number of hydrogen-bond acceptors (Lipinski definition) is 4. The van der Waals surface area contributed by atoms with Crippen LogP contribution in [0.3, 0.4) is 0 Å². The van der Waals surface area contributed by atoms with Crippen molar-refractivity contribution in [2.24, 2.45) is 0 Å². The Hall–Kier alpha value is -4.40. The van der Waals surface area contributed by atoms with Gasteiger partial charge < -0.3 is 30.4 Å². The molecule has 2 aromatic heterocycles. The van der Waals surface area contributed by atoms with Gasteiger partial charge in [-0.05, 0) is 120 Å². The van der Waals surface area contributed by atoms with Gasteiger partial charge in [0, 0.05) is 57.4 Å². The third-order valence-electron chi connectivity index (χ3n) is 7.39. The maximum Gasteiger partial charge on any atom is 0.251 e. The van der Waals surface area contributed by atoms with Crippen LogP contribution in [0.15, 0.2) is 72.8 Å². The highest BCUT2D eigenvalue weighted by molar-refractivity contribution is 6.00. The number of rotatable bonds is 12. The molecule has 0 aliphatic carbocycles. The summed E-state index contributed by atoms with van der Waals surface area (Å²) in [6.45, 7) is 3.18. The second kappa shape index (κ2) is 13.1. The molecule has 0 unspecified atom stereocenters. The molecule has 8 heteroatoms. The van der Waals surface area contributed by atoms with E-state index in [1.807, 2.05) is 70.7 Å². The Morgan fingerprint density at radius 1 is 0.619 bits per heavy atom. The molecule has 0 saturated heterocycles. The zero-order chi connectivity index (χ0) is 29.6. The summed E-state index contributed by atoms with van der Waals surface area (Å²) in [6.07, 6.45) is 1.82. The number of amides is 2. The number of aromatic nitrogens is 2. The fraction of sp³-hybridized carbons (Fsp3) is 0.294. The smallest absolute Gasteiger partial charge is 0.251 e. The van der Waals surface area contributed by atoms with Crippen LogP contribution in [0.5, 0.6) is 0 Å². The number of nitrogens with one attached hydrogen (secondary N) is 4. The van der Waals surface area contributed by atoms with Gasteiger partial charge in [-0.15, -0.1) is 0 Å². The number of fused-ring (bicyclic) bond motifs is 2. The molecule has 5 aromatic rings. The van der Waals surface area contributed by atoms with Crippen LogP contribution in [0.2, 0.25) is 0 Å². The SMILES string of the molecule is CN(C)CCCNC(=O)c1ccc2[nH]c(-c3cccc(-c4cc5cc(C(=O)NCCCN(C)C)ccc5[nH]4)c3)cc2c1. The molecule has 2 heterocycles. The third kappa shape index (κ3) is 7.08. The molecular weight excluding hydrogens is 524 g/mol. The highest BCUT2D eigenvalue weighted by atomic mass is 16.2. The second-order valence-corrected chi connectivity index (χ2v) is 11.4. The molecule has 8 nitrogen and oxygen atoms in total. The molecule has 3 aromatic carbocycles. The number of H-pyrrole nitrogens is 2. The number of carbonyl (C=O) groups is 2. The number of aromatic amines is 2. The van der Waals surface area contributed by atoms with Gasteiger partial charge >= 0.3 is 0 Å². The number of nitrogens with zero attached hydrogens (tertiary/aromatic N) is 2. The van der Waals surface area contributed by atoms with Gasteiger partial charge in [0.1, 0.15) is 0 Å². The van der Waals surface area contributed by atoms with Crippen LogP contribution in [0, 0.1) is 0 Å². The van der Waals surface area contributed by atoms with Crippen molar-refractivity contribution in [3.8, 4) is 22.5 Å². The molecule has 0 saturated carbocycles. The van der Waals surface area contributed by atoms with E-state index in [1.165, 1.54) is 0 Å². The number of carbonyl (C=O) groups excluding carboxylic acids is 2. The van der Waals surface area contributed by atoms with Crippen LogP contribution in [0.1, 0.15) is 33.6 Å². The van der Waals surface area contributed by atoms with Crippen LogP contribution in [0.25, 0.3) is 44.3 Å². The summed E-state index contributed by atoms with van der Waals surface area (Å²) in [5, 5.41) is 8.02. The molecule has 0 radical (unpaired) electrons. The molecule has 0 aliphatic rings. The maximum atomic E-state index is 12.7. The van der Waals surface area contributed by atoms with Gasteiger partial charge in [-0.1, -0.05) is 18.2 Å². The van der Waals surface area contributed by atoms with Crippen LogP contribution in [0.4, 0.5) is 0 Å². The molecular formula is C34H40N6O2. The van der Waals surface area contributed by atoms with Gasteiger partial charge in [0.15, 0.2) is 0 Å². The Labute approximate surface area is 247 Å². The Bertz CT molecular complexity index is 1580. The molecule has 0 bridgehead atoms. The largest absolute Gasteiger partial charge is 0.355 e. The number of hydrogen-bond donors (Lipinski definition) is 4. The summed E-state index contributed by atoms with van der Waals surface area (Å²) >= 11 is 0. The lowest BCUT2D eigenvalue weighted by molar-refractivity contribution is 0.0944. The first-order valence-electron chi connectivity index (χ1n) is 14.5. The number of benzene rings is 3. The van der Waals surface area contributed by atoms with E-state index in [1.54, 1.807) is 0 Å². The monoisotopic (exact) mass is 564 g/mol. The Kier molecular flexibility index (Phi) is 9.05. The topological polar surface area (TPSA) is 96.3 Å². The first-order chi connectivity index (χ1) is 20.3. The van der Waals surface area contributed by atoms with Crippen molar-refractivity contribution < 1.29 is 9.59 Å². The van der Waals surface area contributed by atoms with E-state index in [4.69, 9.17) is 0 Å². The molecule has 0 fully saturated rings. The summed E-state index contributed by atoms with van der Waals surface area (Å²) in [6, 6.07) is 24.1. The lowest BCUT2D eigenvalue weighted by Gasteiger charge is -2.09. The highest BCUT2D eigenvalue weighted by Crippen LogP contribution is 2.30. The minimum atomic E-state index is -0.0517. The van der Waals surface area contributed by atoms with Crippen molar-refractivity contribution in [3.63, 3.8) is 0 Å². The van der Waals surface area contributed by atoms with E-state index < -0.39 is 0 Å². The fourth-order valence-corrected chi connectivity index (χ4v) is 5.11. The van der Waals surface area contributed by atoms with Gasteiger partial charge in [-0.2, -0.15) is 0 Å². The van der Waals surface area contributed by atoms with Crippen molar-refractivity contribution in [1.82, 2.24) is 30.4 Å². The van der Waals surface area contributed by atoms with Crippen molar-refractivity contribution >= 4 is 33.6 Å². The van der Waals surface area contributed by atoms with E-state index in [0.29, 0.717) is 24.2 Å². The zero-order valence-corrected chi connectivity index (χ0v) is 24.9. The van der Waals surface area contributed by atoms with Crippen molar-refractivity contribution in [3.05, 3.63) is 83.9 Å². The van der Waals surface area contributed by atoms with Gasteiger partial charge in [-0.25, -0.2) is 0 Å². The first-order valence-corrected chi connectivity index (χ1v) is 14.5. The quantitative estimate of drug-likeness (QED) is 0.154. The molecule has 2 amide bonds. The van der Waals surface area contributed by atoms with Crippen LogP contribution >= 0.6 is 0 Å². The molecule has 218 valence electrons. The van der Waals surface area contributed by atoms with Crippen LogP contribution < -0.4 is 10.6 Å². The maximum absolute atomic E-state index is 12.7. The van der Waals surface area contributed by atoms with Gasteiger partial charge in [-0.3, -0.25) is 9.59 Å². The fourth-order valence-electron chi connectivity index (χ4n) is 5.11. The Morgan fingerprint density at radius 2 is 1.07 bits per heavy atom. The summed E-state index contributed by atoms with van der Waals surface area (Å²) in [4.78, 5) is 36.5. The van der Waals surface area contributed by atoms with E-state index in [2.05, 4.69) is 60.7 Å².